The Morgan fingerprint density at radius 2 is 1.69 bits per heavy atom. The Hall–Kier alpha value is -0.380. The van der Waals surface area contributed by atoms with Crippen LogP contribution in [0.25, 0.3) is 0 Å². The minimum absolute atomic E-state index is 0.267. The summed E-state index contributed by atoms with van der Waals surface area (Å²) in [4.78, 5) is 2.63. The fraction of sp³-hybridized carbons (Fsp3) is 0.923. The lowest BCUT2D eigenvalue weighted by molar-refractivity contribution is -0.198. The highest BCUT2D eigenvalue weighted by Crippen LogP contribution is 2.49. The molecule has 2 aliphatic carbocycles. The minimum atomic E-state index is -0.282. The quantitative estimate of drug-likeness (QED) is 0.426. The second-order valence-corrected chi connectivity index (χ2v) is 12.0. The number of hydrogen-bond donors (Lipinski definition) is 0. The fourth-order valence-corrected chi connectivity index (χ4v) is 6.54. The molecular weight excluding hydrogens is 358 g/mol. The zero-order valence-corrected chi connectivity index (χ0v) is 20.0. The van der Waals surface area contributed by atoms with Gasteiger partial charge in [-0.05, 0) is 55.3 Å². The summed E-state index contributed by atoms with van der Waals surface area (Å²) in [5.74, 6) is 0.499. The maximum atomic E-state index is 6.57. The maximum Gasteiger partial charge on any atom is 0.168 e. The van der Waals surface area contributed by atoms with Gasteiger partial charge >= 0.3 is 0 Å². The van der Waals surface area contributed by atoms with Gasteiger partial charge in [0.05, 0.1) is 12.7 Å². The van der Waals surface area contributed by atoms with E-state index in [9.17, 15) is 0 Å². The number of ether oxygens (including phenoxy) is 2. The molecule has 3 aliphatic rings. The first-order chi connectivity index (χ1) is 13.6. The highest BCUT2D eigenvalue weighted by Gasteiger charge is 2.47. The Labute approximate surface area is 180 Å². The van der Waals surface area contributed by atoms with Crippen LogP contribution in [0.5, 0.6) is 0 Å². The molecule has 1 spiro atoms. The lowest BCUT2D eigenvalue weighted by atomic mass is 9.64. The summed E-state index contributed by atoms with van der Waals surface area (Å²) >= 11 is 0. The van der Waals surface area contributed by atoms with Crippen molar-refractivity contribution < 1.29 is 9.47 Å². The first-order valence-electron chi connectivity index (χ1n) is 12.3. The predicted molar refractivity (Wildman–Crippen MR) is 122 cm³/mol. The molecular formula is C26H47NO2. The van der Waals surface area contributed by atoms with Crippen molar-refractivity contribution in [3.05, 3.63) is 12.7 Å². The van der Waals surface area contributed by atoms with Crippen molar-refractivity contribution in [2.24, 2.45) is 16.7 Å². The Bertz CT molecular complexity index is 521. The Morgan fingerprint density at radius 1 is 1.03 bits per heavy atom. The molecule has 0 aromatic heterocycles. The zero-order chi connectivity index (χ0) is 21.1. The van der Waals surface area contributed by atoms with Gasteiger partial charge in [0.15, 0.2) is 5.79 Å². The van der Waals surface area contributed by atoms with Gasteiger partial charge in [0, 0.05) is 32.0 Å². The van der Waals surface area contributed by atoms with Gasteiger partial charge in [0.1, 0.15) is 0 Å². The molecule has 3 fully saturated rings. The molecule has 3 nitrogen and oxygen atoms in total. The fourth-order valence-electron chi connectivity index (χ4n) is 6.54. The molecule has 1 atom stereocenters. The van der Waals surface area contributed by atoms with Gasteiger partial charge in [-0.1, -0.05) is 53.5 Å². The van der Waals surface area contributed by atoms with Gasteiger partial charge in [-0.25, -0.2) is 0 Å². The molecule has 0 N–H and O–H groups in total. The van der Waals surface area contributed by atoms with E-state index in [1.165, 1.54) is 44.9 Å². The second-order valence-electron chi connectivity index (χ2n) is 12.0. The monoisotopic (exact) mass is 405 g/mol. The van der Waals surface area contributed by atoms with Crippen molar-refractivity contribution >= 4 is 0 Å². The van der Waals surface area contributed by atoms with E-state index in [0.29, 0.717) is 10.8 Å². The Morgan fingerprint density at radius 3 is 2.28 bits per heavy atom. The lowest BCUT2D eigenvalue weighted by Crippen LogP contribution is -2.41. The summed E-state index contributed by atoms with van der Waals surface area (Å²) in [6.07, 6.45) is 14.8. The molecule has 29 heavy (non-hydrogen) atoms. The Balaban J connectivity index is 1.46. The molecule has 0 aromatic carbocycles. The van der Waals surface area contributed by atoms with E-state index < -0.39 is 0 Å². The summed E-state index contributed by atoms with van der Waals surface area (Å²) in [7, 11) is 0. The third kappa shape index (κ3) is 6.31. The zero-order valence-electron chi connectivity index (χ0n) is 20.0. The van der Waals surface area contributed by atoms with E-state index in [1.807, 2.05) is 0 Å². The van der Waals surface area contributed by atoms with Gasteiger partial charge in [0.25, 0.3) is 0 Å². The first kappa shape index (κ1) is 23.3. The number of rotatable bonds is 8. The van der Waals surface area contributed by atoms with Crippen molar-refractivity contribution in [1.82, 2.24) is 4.90 Å². The molecule has 0 radical (unpaired) electrons. The van der Waals surface area contributed by atoms with Gasteiger partial charge in [0.2, 0.25) is 0 Å². The molecule has 1 heterocycles. The van der Waals surface area contributed by atoms with Crippen LogP contribution in [0.15, 0.2) is 12.7 Å². The summed E-state index contributed by atoms with van der Waals surface area (Å²) in [5.41, 5.74) is 0.783. The number of hydrogen-bond acceptors (Lipinski definition) is 3. The molecule has 3 heteroatoms. The van der Waals surface area contributed by atoms with Crippen LogP contribution in [0.1, 0.15) is 98.8 Å². The molecule has 3 rings (SSSR count). The maximum absolute atomic E-state index is 6.57. The number of nitrogens with zero attached hydrogens (tertiary/aromatic N) is 1. The minimum Gasteiger partial charge on any atom is -0.347 e. The van der Waals surface area contributed by atoms with Gasteiger partial charge in [-0.15, -0.1) is 6.58 Å². The summed E-state index contributed by atoms with van der Waals surface area (Å²) < 4.78 is 12.9. The van der Waals surface area contributed by atoms with Crippen LogP contribution < -0.4 is 0 Å². The van der Waals surface area contributed by atoms with E-state index in [0.717, 1.165) is 50.9 Å². The van der Waals surface area contributed by atoms with Crippen LogP contribution >= 0.6 is 0 Å². The highest BCUT2D eigenvalue weighted by molar-refractivity contribution is 4.92. The van der Waals surface area contributed by atoms with Gasteiger partial charge in [-0.3, -0.25) is 4.90 Å². The molecule has 1 aliphatic heterocycles. The van der Waals surface area contributed by atoms with Gasteiger partial charge in [-0.2, -0.15) is 0 Å². The van der Waals surface area contributed by atoms with Crippen molar-refractivity contribution in [1.29, 1.82) is 0 Å². The normalized spacial score (nSPS) is 31.8. The average molecular weight is 406 g/mol. The van der Waals surface area contributed by atoms with Crippen molar-refractivity contribution in [2.75, 3.05) is 19.7 Å². The van der Waals surface area contributed by atoms with E-state index in [-0.39, 0.29) is 11.9 Å². The smallest absolute Gasteiger partial charge is 0.168 e. The largest absolute Gasteiger partial charge is 0.347 e. The van der Waals surface area contributed by atoms with Crippen LogP contribution in [0, 0.1) is 16.7 Å². The van der Waals surface area contributed by atoms with Gasteiger partial charge < -0.3 is 9.47 Å². The molecule has 1 saturated heterocycles. The van der Waals surface area contributed by atoms with E-state index in [1.54, 1.807) is 0 Å². The van der Waals surface area contributed by atoms with Crippen LogP contribution in [0.3, 0.4) is 0 Å². The second kappa shape index (κ2) is 9.40. The van der Waals surface area contributed by atoms with Crippen molar-refractivity contribution in [2.45, 2.75) is 117 Å². The van der Waals surface area contributed by atoms with Crippen LogP contribution in [0.4, 0.5) is 0 Å². The van der Waals surface area contributed by atoms with E-state index in [2.05, 4.69) is 52.2 Å². The first-order valence-corrected chi connectivity index (χ1v) is 12.3. The average Bonchev–Trinajstić information content (AvgIpc) is 3.28. The summed E-state index contributed by atoms with van der Waals surface area (Å²) in [5, 5.41) is 0. The molecule has 0 aromatic rings. The molecule has 0 amide bonds. The van der Waals surface area contributed by atoms with Crippen LogP contribution in [-0.4, -0.2) is 42.5 Å². The van der Waals surface area contributed by atoms with Crippen LogP contribution in [-0.2, 0) is 9.47 Å². The molecule has 1 unspecified atom stereocenters. The van der Waals surface area contributed by atoms with E-state index in [4.69, 9.17) is 9.47 Å². The highest BCUT2D eigenvalue weighted by atomic mass is 16.7. The summed E-state index contributed by atoms with van der Waals surface area (Å²) in [6, 6.07) is 0.754. The van der Waals surface area contributed by atoms with Crippen molar-refractivity contribution in [3.63, 3.8) is 0 Å². The third-order valence-corrected chi connectivity index (χ3v) is 7.70. The lowest BCUT2D eigenvalue weighted by Gasteiger charge is -2.45. The molecule has 0 bridgehead atoms. The summed E-state index contributed by atoms with van der Waals surface area (Å²) in [6.45, 7) is 18.9. The predicted octanol–water partition coefficient (Wildman–Crippen LogP) is 6.57. The third-order valence-electron chi connectivity index (χ3n) is 7.70. The van der Waals surface area contributed by atoms with Crippen LogP contribution in [0.2, 0.25) is 0 Å². The molecule has 168 valence electrons. The molecule has 2 saturated carbocycles. The SMILES string of the molecule is C=CCN(CCC1COC2(CCC(C(C)(C)CC(C)(C)C)CC2)O1)C1CCCC1. The van der Waals surface area contributed by atoms with Crippen molar-refractivity contribution in [3.8, 4) is 0 Å². The topological polar surface area (TPSA) is 21.7 Å². The standard InChI is InChI=1S/C26H47NO2/c1-7-17-27(22-10-8-9-11-22)18-14-23-19-28-26(29-23)15-12-21(13-16-26)25(5,6)20-24(2,3)4/h7,21-23H,1,8-20H2,2-6H3. The van der Waals surface area contributed by atoms with E-state index >= 15 is 0 Å². The Kier molecular flexibility index (Phi) is 7.55.